The fourth-order valence-electron chi connectivity index (χ4n) is 2.89. The third-order valence-electron chi connectivity index (χ3n) is 4.26. The molecule has 0 radical (unpaired) electrons. The molecular formula is C17H26N2O. The van der Waals surface area contributed by atoms with Crippen molar-refractivity contribution in [3.8, 4) is 0 Å². The number of nitrogens with one attached hydrogen (secondary N) is 2. The number of hydrogen-bond donors (Lipinski definition) is 2. The lowest BCUT2D eigenvalue weighted by molar-refractivity contribution is 0.0953. The summed E-state index contributed by atoms with van der Waals surface area (Å²) in [6.45, 7) is 7.41. The molecule has 1 saturated carbocycles. The molecule has 1 atom stereocenters. The van der Waals surface area contributed by atoms with E-state index in [-0.39, 0.29) is 5.91 Å². The van der Waals surface area contributed by atoms with Crippen LogP contribution in [0.1, 0.15) is 56.8 Å². The Morgan fingerprint density at radius 2 is 2.20 bits per heavy atom. The minimum Gasteiger partial charge on any atom is -0.382 e. The minimum absolute atomic E-state index is 0.0150. The quantitative estimate of drug-likeness (QED) is 0.857. The summed E-state index contributed by atoms with van der Waals surface area (Å²) in [6, 6.07) is 8.32. The largest absolute Gasteiger partial charge is 0.382 e. The van der Waals surface area contributed by atoms with Crippen molar-refractivity contribution in [3.05, 3.63) is 29.8 Å². The molecule has 0 spiro atoms. The van der Waals surface area contributed by atoms with E-state index in [0.29, 0.717) is 11.5 Å². The summed E-state index contributed by atoms with van der Waals surface area (Å²) in [5, 5.41) is 6.52. The molecule has 1 aromatic carbocycles. The van der Waals surface area contributed by atoms with E-state index < -0.39 is 0 Å². The van der Waals surface area contributed by atoms with Crippen LogP contribution in [0.5, 0.6) is 0 Å². The third kappa shape index (κ3) is 3.53. The van der Waals surface area contributed by atoms with Crippen LogP contribution < -0.4 is 10.6 Å². The van der Waals surface area contributed by atoms with Gasteiger partial charge in [0.2, 0.25) is 0 Å². The van der Waals surface area contributed by atoms with Gasteiger partial charge in [-0.1, -0.05) is 33.3 Å². The van der Waals surface area contributed by atoms with Crippen molar-refractivity contribution in [1.29, 1.82) is 0 Å². The Bertz CT molecular complexity index is 468. The standard InChI is InChI=1S/C17H26N2O/c1-4-11-18-16(20)13-7-5-8-14(12-13)19-15-9-6-10-17(15,2)3/h5,7-8,12,15,19H,4,6,9-11H2,1-3H3,(H,18,20). The zero-order valence-corrected chi connectivity index (χ0v) is 12.8. The van der Waals surface area contributed by atoms with E-state index in [0.717, 1.165) is 24.2 Å². The molecule has 1 aromatic rings. The van der Waals surface area contributed by atoms with E-state index in [9.17, 15) is 4.79 Å². The van der Waals surface area contributed by atoms with Gasteiger partial charge in [0.05, 0.1) is 0 Å². The van der Waals surface area contributed by atoms with Crippen LogP contribution in [0.4, 0.5) is 5.69 Å². The Labute approximate surface area is 122 Å². The average molecular weight is 274 g/mol. The van der Waals surface area contributed by atoms with E-state index in [4.69, 9.17) is 0 Å². The highest BCUT2D eigenvalue weighted by atomic mass is 16.1. The van der Waals surface area contributed by atoms with Crippen LogP contribution in [0.15, 0.2) is 24.3 Å². The van der Waals surface area contributed by atoms with Gasteiger partial charge in [-0.25, -0.2) is 0 Å². The second-order valence-electron chi connectivity index (χ2n) is 6.41. The molecule has 1 fully saturated rings. The lowest BCUT2D eigenvalue weighted by atomic mass is 9.87. The fourth-order valence-corrected chi connectivity index (χ4v) is 2.89. The van der Waals surface area contributed by atoms with E-state index in [1.165, 1.54) is 19.3 Å². The predicted molar refractivity (Wildman–Crippen MR) is 84.1 cm³/mol. The van der Waals surface area contributed by atoms with E-state index in [1.54, 1.807) is 0 Å². The fraction of sp³-hybridized carbons (Fsp3) is 0.588. The zero-order valence-electron chi connectivity index (χ0n) is 12.8. The molecule has 3 heteroatoms. The molecule has 1 unspecified atom stereocenters. The van der Waals surface area contributed by atoms with Crippen LogP contribution >= 0.6 is 0 Å². The number of amides is 1. The van der Waals surface area contributed by atoms with Gasteiger partial charge >= 0.3 is 0 Å². The monoisotopic (exact) mass is 274 g/mol. The molecule has 0 bridgehead atoms. The Kier molecular flexibility index (Phi) is 4.69. The number of benzene rings is 1. The highest BCUT2D eigenvalue weighted by Gasteiger charge is 2.34. The molecule has 20 heavy (non-hydrogen) atoms. The van der Waals surface area contributed by atoms with E-state index in [2.05, 4.69) is 31.4 Å². The van der Waals surface area contributed by atoms with Crippen molar-refractivity contribution in [2.45, 2.75) is 52.5 Å². The second-order valence-corrected chi connectivity index (χ2v) is 6.41. The van der Waals surface area contributed by atoms with Crippen molar-refractivity contribution in [1.82, 2.24) is 5.32 Å². The third-order valence-corrected chi connectivity index (χ3v) is 4.26. The minimum atomic E-state index is 0.0150. The zero-order chi connectivity index (χ0) is 14.6. The van der Waals surface area contributed by atoms with Gasteiger partial charge in [0, 0.05) is 23.8 Å². The molecule has 1 aliphatic rings. The number of carbonyl (C=O) groups is 1. The predicted octanol–water partition coefficient (Wildman–Crippen LogP) is 3.82. The molecule has 2 rings (SSSR count). The smallest absolute Gasteiger partial charge is 0.251 e. The molecule has 0 saturated heterocycles. The van der Waals surface area contributed by atoms with Crippen molar-refractivity contribution in [3.63, 3.8) is 0 Å². The van der Waals surface area contributed by atoms with Crippen LogP contribution in [0.2, 0.25) is 0 Å². The first kappa shape index (κ1) is 14.9. The highest BCUT2D eigenvalue weighted by Crippen LogP contribution is 2.39. The normalized spacial score (nSPS) is 20.6. The van der Waals surface area contributed by atoms with Crippen LogP contribution in [0, 0.1) is 5.41 Å². The number of hydrogen-bond acceptors (Lipinski definition) is 2. The SMILES string of the molecule is CCCNC(=O)c1cccc(NC2CCCC2(C)C)c1. The van der Waals surface area contributed by atoms with Gasteiger partial charge in [0.25, 0.3) is 5.91 Å². The summed E-state index contributed by atoms with van der Waals surface area (Å²) >= 11 is 0. The molecule has 1 aliphatic carbocycles. The van der Waals surface area contributed by atoms with Gasteiger partial charge < -0.3 is 10.6 Å². The summed E-state index contributed by atoms with van der Waals surface area (Å²) in [5.74, 6) is 0.0150. The summed E-state index contributed by atoms with van der Waals surface area (Å²) in [5.41, 5.74) is 2.12. The number of rotatable bonds is 5. The van der Waals surface area contributed by atoms with Crippen molar-refractivity contribution in [2.75, 3.05) is 11.9 Å². The average Bonchev–Trinajstić information content (AvgIpc) is 2.75. The summed E-state index contributed by atoms with van der Waals surface area (Å²) in [7, 11) is 0. The van der Waals surface area contributed by atoms with E-state index in [1.807, 2.05) is 24.3 Å². The Morgan fingerprint density at radius 3 is 2.85 bits per heavy atom. The van der Waals surface area contributed by atoms with E-state index >= 15 is 0 Å². The lowest BCUT2D eigenvalue weighted by Gasteiger charge is -2.28. The van der Waals surface area contributed by atoms with Crippen LogP contribution in [0.25, 0.3) is 0 Å². The van der Waals surface area contributed by atoms with Crippen molar-refractivity contribution < 1.29 is 4.79 Å². The van der Waals surface area contributed by atoms with Gasteiger partial charge in [-0.05, 0) is 42.9 Å². The summed E-state index contributed by atoms with van der Waals surface area (Å²) < 4.78 is 0. The molecule has 110 valence electrons. The van der Waals surface area contributed by atoms with Gasteiger partial charge in [0.1, 0.15) is 0 Å². The van der Waals surface area contributed by atoms with Crippen molar-refractivity contribution in [2.24, 2.45) is 5.41 Å². The Balaban J connectivity index is 2.04. The van der Waals surface area contributed by atoms with Crippen LogP contribution in [-0.2, 0) is 0 Å². The topological polar surface area (TPSA) is 41.1 Å². The second kappa shape index (κ2) is 6.29. The molecule has 0 aromatic heterocycles. The van der Waals surface area contributed by atoms with Gasteiger partial charge in [0.15, 0.2) is 0 Å². The van der Waals surface area contributed by atoms with Crippen molar-refractivity contribution >= 4 is 11.6 Å². The molecule has 0 heterocycles. The lowest BCUT2D eigenvalue weighted by Crippen LogP contribution is -2.31. The van der Waals surface area contributed by atoms with Crippen LogP contribution in [-0.4, -0.2) is 18.5 Å². The first-order chi connectivity index (χ1) is 9.53. The Morgan fingerprint density at radius 1 is 1.40 bits per heavy atom. The first-order valence-corrected chi connectivity index (χ1v) is 7.68. The molecule has 2 N–H and O–H groups in total. The molecule has 3 nitrogen and oxygen atoms in total. The van der Waals surface area contributed by atoms with Gasteiger partial charge in [-0.15, -0.1) is 0 Å². The first-order valence-electron chi connectivity index (χ1n) is 7.68. The molecular weight excluding hydrogens is 248 g/mol. The summed E-state index contributed by atoms with van der Waals surface area (Å²) in [6.07, 6.45) is 4.71. The summed E-state index contributed by atoms with van der Waals surface area (Å²) in [4.78, 5) is 12.0. The highest BCUT2D eigenvalue weighted by molar-refractivity contribution is 5.95. The van der Waals surface area contributed by atoms with Gasteiger partial charge in [-0.2, -0.15) is 0 Å². The maximum absolute atomic E-state index is 12.0. The number of carbonyl (C=O) groups excluding carboxylic acids is 1. The molecule has 0 aliphatic heterocycles. The van der Waals surface area contributed by atoms with Gasteiger partial charge in [-0.3, -0.25) is 4.79 Å². The molecule has 1 amide bonds. The van der Waals surface area contributed by atoms with Crippen LogP contribution in [0.3, 0.4) is 0 Å². The number of anilines is 1. The Hall–Kier alpha value is -1.51. The maximum Gasteiger partial charge on any atom is 0.251 e. The maximum atomic E-state index is 12.0.